The molecule has 8 heteroatoms. The zero-order valence-corrected chi connectivity index (χ0v) is 18.5. The molecule has 0 saturated carbocycles. The lowest BCUT2D eigenvalue weighted by Crippen LogP contribution is -2.18. The van der Waals surface area contributed by atoms with E-state index in [-0.39, 0.29) is 10.6 Å². The number of anilines is 1. The predicted molar refractivity (Wildman–Crippen MR) is 123 cm³/mol. The largest absolute Gasteiger partial charge is 0.368 e. The average molecular weight is 449 g/mol. The van der Waals surface area contributed by atoms with Crippen LogP contribution in [0.15, 0.2) is 70.9 Å². The Bertz CT molecular complexity index is 1340. The van der Waals surface area contributed by atoms with E-state index in [4.69, 9.17) is 0 Å². The van der Waals surface area contributed by atoms with Gasteiger partial charge in [-0.2, -0.15) is 5.26 Å². The minimum Gasteiger partial charge on any atom is -0.368 e. The molecule has 0 aliphatic rings. The van der Waals surface area contributed by atoms with E-state index in [1.54, 1.807) is 35.6 Å². The summed E-state index contributed by atoms with van der Waals surface area (Å²) in [7, 11) is -3.98. The highest BCUT2D eigenvalue weighted by atomic mass is 32.2. The smallest absolute Gasteiger partial charge is 0.200 e. The summed E-state index contributed by atoms with van der Waals surface area (Å²) in [6, 6.07) is 19.7. The van der Waals surface area contributed by atoms with Gasteiger partial charge < -0.3 is 5.32 Å². The summed E-state index contributed by atoms with van der Waals surface area (Å²) in [6.07, 6.45) is 0.757. The third-order valence-electron chi connectivity index (χ3n) is 4.87. The molecule has 1 atom stereocenters. The molecule has 4 aromatic rings. The first kappa shape index (κ1) is 21.0. The Kier molecular flexibility index (Phi) is 5.98. The number of nitrogens with one attached hydrogen (secondary N) is 1. The van der Waals surface area contributed by atoms with Crippen molar-refractivity contribution in [2.45, 2.75) is 23.5 Å². The van der Waals surface area contributed by atoms with Gasteiger partial charge in [-0.25, -0.2) is 18.4 Å². The van der Waals surface area contributed by atoms with Crippen molar-refractivity contribution in [1.29, 1.82) is 5.26 Å². The Hall–Kier alpha value is -3.28. The van der Waals surface area contributed by atoms with Gasteiger partial charge in [-0.3, -0.25) is 0 Å². The first-order valence-corrected chi connectivity index (χ1v) is 12.1. The molecule has 2 aromatic carbocycles. The van der Waals surface area contributed by atoms with Gasteiger partial charge in [0.1, 0.15) is 5.69 Å². The summed E-state index contributed by atoms with van der Waals surface area (Å²) in [5, 5.41) is 13.6. The van der Waals surface area contributed by atoms with Crippen LogP contribution < -0.4 is 5.32 Å². The van der Waals surface area contributed by atoms with Gasteiger partial charge in [-0.1, -0.05) is 35.9 Å². The maximum atomic E-state index is 13.3. The highest BCUT2D eigenvalue weighted by Crippen LogP contribution is 2.32. The second-order valence-electron chi connectivity index (χ2n) is 7.07. The van der Waals surface area contributed by atoms with Crippen molar-refractivity contribution in [3.05, 3.63) is 82.2 Å². The Morgan fingerprint density at radius 2 is 1.74 bits per heavy atom. The molecule has 0 fully saturated rings. The molecule has 0 aliphatic carbocycles. The van der Waals surface area contributed by atoms with Crippen LogP contribution in [0.4, 0.5) is 5.82 Å². The van der Waals surface area contributed by atoms with E-state index in [0.717, 1.165) is 12.0 Å². The number of sulfone groups is 1. The quantitative estimate of drug-likeness (QED) is 0.440. The molecule has 0 unspecified atom stereocenters. The first-order valence-electron chi connectivity index (χ1n) is 9.72. The molecule has 0 aliphatic heterocycles. The number of para-hydroxylation sites is 2. The summed E-state index contributed by atoms with van der Waals surface area (Å²) >= 11 is 1.65. The van der Waals surface area contributed by atoms with Gasteiger partial charge in [0.05, 0.1) is 22.0 Å². The van der Waals surface area contributed by atoms with Crippen molar-refractivity contribution in [3.8, 4) is 6.07 Å². The van der Waals surface area contributed by atoms with Gasteiger partial charge >= 0.3 is 0 Å². The summed E-state index contributed by atoms with van der Waals surface area (Å²) in [4.78, 5) is 10.4. The van der Waals surface area contributed by atoms with Crippen LogP contribution in [-0.4, -0.2) is 24.9 Å². The van der Waals surface area contributed by atoms with Crippen molar-refractivity contribution < 1.29 is 8.42 Å². The van der Waals surface area contributed by atoms with Gasteiger partial charge in [0.15, 0.2) is 11.1 Å². The van der Waals surface area contributed by atoms with Gasteiger partial charge in [-0.05, 0) is 49.1 Å². The van der Waals surface area contributed by atoms with Gasteiger partial charge in [-0.15, -0.1) is 11.3 Å². The Morgan fingerprint density at radius 3 is 2.39 bits per heavy atom. The third kappa shape index (κ3) is 4.43. The van der Waals surface area contributed by atoms with Gasteiger partial charge in [0.25, 0.3) is 0 Å². The van der Waals surface area contributed by atoms with Crippen LogP contribution in [0.2, 0.25) is 0 Å². The molecule has 0 radical (unpaired) electrons. The maximum absolute atomic E-state index is 13.3. The van der Waals surface area contributed by atoms with Crippen molar-refractivity contribution in [3.63, 3.8) is 0 Å². The fourth-order valence-corrected chi connectivity index (χ4v) is 5.32. The van der Waals surface area contributed by atoms with Crippen molar-refractivity contribution in [2.75, 3.05) is 11.9 Å². The van der Waals surface area contributed by atoms with Crippen LogP contribution >= 0.6 is 11.3 Å². The van der Waals surface area contributed by atoms with E-state index in [1.165, 1.54) is 17.0 Å². The fourth-order valence-electron chi connectivity index (χ4n) is 3.23. The number of fused-ring (bicyclic) bond motifs is 1. The highest BCUT2D eigenvalue weighted by molar-refractivity contribution is 7.92. The minimum absolute atomic E-state index is 0.0872. The van der Waals surface area contributed by atoms with E-state index in [2.05, 4.69) is 15.3 Å². The molecule has 2 heterocycles. The van der Waals surface area contributed by atoms with E-state index in [0.29, 0.717) is 23.4 Å². The highest BCUT2D eigenvalue weighted by Gasteiger charge is 2.33. The molecule has 31 heavy (non-hydrogen) atoms. The van der Waals surface area contributed by atoms with Crippen LogP contribution in [0.5, 0.6) is 0 Å². The number of hydrogen-bond acceptors (Lipinski definition) is 7. The normalized spacial score (nSPS) is 12.4. The lowest BCUT2D eigenvalue weighted by molar-refractivity contribution is 0.590. The van der Waals surface area contributed by atoms with Crippen LogP contribution in [0.1, 0.15) is 21.4 Å². The molecule has 0 amide bonds. The molecule has 4 rings (SSSR count). The Morgan fingerprint density at radius 1 is 1.03 bits per heavy atom. The molecule has 2 aromatic heterocycles. The van der Waals surface area contributed by atoms with Crippen molar-refractivity contribution in [1.82, 2.24) is 9.97 Å². The third-order valence-corrected chi connectivity index (χ3v) is 7.68. The molecular formula is C23H20N4O2S2. The van der Waals surface area contributed by atoms with E-state index < -0.39 is 15.1 Å². The lowest BCUT2D eigenvalue weighted by Gasteiger charge is -2.16. The van der Waals surface area contributed by atoms with E-state index in [1.807, 2.05) is 42.6 Å². The number of aromatic nitrogens is 2. The van der Waals surface area contributed by atoms with E-state index >= 15 is 0 Å². The van der Waals surface area contributed by atoms with Crippen molar-refractivity contribution in [2.24, 2.45) is 0 Å². The number of rotatable bonds is 7. The number of benzene rings is 2. The molecule has 156 valence electrons. The Balaban J connectivity index is 1.75. The van der Waals surface area contributed by atoms with E-state index in [9.17, 15) is 13.7 Å². The molecule has 1 N–H and O–H groups in total. The van der Waals surface area contributed by atoms with Crippen LogP contribution in [-0.2, 0) is 16.3 Å². The van der Waals surface area contributed by atoms with Crippen LogP contribution in [0, 0.1) is 18.3 Å². The summed E-state index contributed by atoms with van der Waals surface area (Å²) in [5.74, 6) is 0.317. The molecule has 0 saturated heterocycles. The fraction of sp³-hybridized carbons (Fsp3) is 0.174. The summed E-state index contributed by atoms with van der Waals surface area (Å²) < 4.78 is 26.6. The number of aryl methyl sites for hydroxylation is 1. The average Bonchev–Trinajstić information content (AvgIpc) is 3.28. The minimum atomic E-state index is -3.98. The molecule has 0 spiro atoms. The molecule has 6 nitrogen and oxygen atoms in total. The molecule has 0 bridgehead atoms. The number of hydrogen-bond donors (Lipinski definition) is 1. The van der Waals surface area contributed by atoms with Gasteiger partial charge in [0.2, 0.25) is 9.84 Å². The monoisotopic (exact) mass is 448 g/mol. The number of nitriles is 1. The zero-order chi connectivity index (χ0) is 21.8. The first-order chi connectivity index (χ1) is 15.0. The predicted octanol–water partition coefficient (Wildman–Crippen LogP) is 4.69. The van der Waals surface area contributed by atoms with Crippen LogP contribution in [0.3, 0.4) is 0 Å². The second-order valence-corrected chi connectivity index (χ2v) is 10.1. The van der Waals surface area contributed by atoms with Gasteiger partial charge in [0, 0.05) is 11.4 Å². The lowest BCUT2D eigenvalue weighted by atomic mass is 10.2. The summed E-state index contributed by atoms with van der Waals surface area (Å²) in [5.41, 5.74) is 2.23. The zero-order valence-electron chi connectivity index (χ0n) is 16.8. The van der Waals surface area contributed by atoms with Crippen LogP contribution in [0.25, 0.3) is 11.0 Å². The van der Waals surface area contributed by atoms with Crippen molar-refractivity contribution >= 4 is 38.0 Å². The second kappa shape index (κ2) is 8.84. The number of nitrogens with zero attached hydrogens (tertiary/aromatic N) is 3. The molecular weight excluding hydrogens is 428 g/mol. The SMILES string of the molecule is Cc1ccc(S(=O)(=O)[C@@H](C#N)c2nc3ccccc3nc2NCCc2cccs2)cc1. The summed E-state index contributed by atoms with van der Waals surface area (Å²) in [6.45, 7) is 2.42. The maximum Gasteiger partial charge on any atom is 0.200 e. The topological polar surface area (TPSA) is 95.7 Å². The standard InChI is InChI=1S/C23H20N4O2S2/c1-16-8-10-18(11-9-16)31(28,29)21(15-24)22-23(25-13-12-17-5-4-14-30-17)27-20-7-3-2-6-19(20)26-22/h2-11,14,21H,12-13H2,1H3,(H,25,27)/t21-/m0/s1. The number of thiophene rings is 1. The Labute approximate surface area is 185 Å².